The zero-order valence-electron chi connectivity index (χ0n) is 11.8. The lowest BCUT2D eigenvalue weighted by Crippen LogP contribution is -2.23. The molecule has 0 bridgehead atoms. The molecule has 1 atom stereocenters. The lowest BCUT2D eigenvalue weighted by molar-refractivity contribution is 0.482. The van der Waals surface area contributed by atoms with E-state index in [4.69, 9.17) is 0 Å². The average Bonchev–Trinajstić information content (AvgIpc) is 2.91. The molecule has 4 nitrogen and oxygen atoms in total. The number of nitrogens with zero attached hydrogens (tertiary/aromatic N) is 2. The molecule has 0 saturated heterocycles. The van der Waals surface area contributed by atoms with Crippen molar-refractivity contribution in [2.75, 3.05) is 6.54 Å². The maximum Gasteiger partial charge on any atom is 0.137 e. The van der Waals surface area contributed by atoms with Gasteiger partial charge in [0.15, 0.2) is 0 Å². The molecule has 1 aliphatic carbocycles. The van der Waals surface area contributed by atoms with E-state index in [-0.39, 0.29) is 0 Å². The van der Waals surface area contributed by atoms with Crippen LogP contribution in [0.5, 0.6) is 0 Å². The van der Waals surface area contributed by atoms with Crippen molar-refractivity contribution in [3.63, 3.8) is 0 Å². The average molecular weight is 270 g/mol. The van der Waals surface area contributed by atoms with Crippen molar-refractivity contribution in [3.8, 4) is 0 Å². The van der Waals surface area contributed by atoms with Gasteiger partial charge in [-0.3, -0.25) is 5.10 Å². The second-order valence-electron chi connectivity index (χ2n) is 5.49. The van der Waals surface area contributed by atoms with Crippen LogP contribution < -0.4 is 5.32 Å². The first kappa shape index (κ1) is 13.3. The van der Waals surface area contributed by atoms with Gasteiger partial charge >= 0.3 is 0 Å². The molecule has 0 aliphatic heterocycles. The molecule has 2 aromatic rings. The third kappa shape index (κ3) is 3.25. The maximum absolute atomic E-state index is 4.16. The quantitative estimate of drug-likeness (QED) is 0.649. The van der Waals surface area contributed by atoms with Crippen molar-refractivity contribution >= 4 is 0 Å². The van der Waals surface area contributed by atoms with Gasteiger partial charge in [0.2, 0.25) is 0 Å². The van der Waals surface area contributed by atoms with E-state index in [1.54, 1.807) is 6.33 Å². The Labute approximate surface area is 120 Å². The smallest absolute Gasteiger partial charge is 0.137 e. The number of H-pyrrole nitrogens is 1. The molecule has 1 aromatic heterocycles. The Morgan fingerprint density at radius 1 is 1.25 bits per heavy atom. The summed E-state index contributed by atoms with van der Waals surface area (Å²) in [5.74, 6) is 0.980. The van der Waals surface area contributed by atoms with Gasteiger partial charge in [-0.15, -0.1) is 0 Å². The van der Waals surface area contributed by atoms with Crippen LogP contribution >= 0.6 is 0 Å². The molecule has 106 valence electrons. The van der Waals surface area contributed by atoms with Crippen LogP contribution in [0.15, 0.2) is 30.6 Å². The van der Waals surface area contributed by atoms with Gasteiger partial charge in [0, 0.05) is 12.5 Å². The van der Waals surface area contributed by atoms with E-state index in [2.05, 4.69) is 44.8 Å². The summed E-state index contributed by atoms with van der Waals surface area (Å²) in [6, 6.07) is 9.40. The molecule has 4 heteroatoms. The van der Waals surface area contributed by atoms with Gasteiger partial charge in [0.05, 0.1) is 0 Å². The Morgan fingerprint density at radius 3 is 3.10 bits per heavy atom. The highest BCUT2D eigenvalue weighted by Gasteiger charge is 2.17. The third-order valence-corrected chi connectivity index (χ3v) is 4.07. The summed E-state index contributed by atoms with van der Waals surface area (Å²) in [5.41, 5.74) is 3.03. The summed E-state index contributed by atoms with van der Waals surface area (Å²) < 4.78 is 0. The Kier molecular flexibility index (Phi) is 4.43. The number of aryl methyl sites for hydroxylation is 2. The number of hydrogen-bond acceptors (Lipinski definition) is 3. The van der Waals surface area contributed by atoms with Gasteiger partial charge < -0.3 is 5.32 Å². The van der Waals surface area contributed by atoms with Crippen molar-refractivity contribution in [2.45, 2.75) is 44.6 Å². The fraction of sp³-hybridized carbons (Fsp3) is 0.500. The fourth-order valence-corrected chi connectivity index (χ4v) is 3.02. The monoisotopic (exact) mass is 270 g/mol. The van der Waals surface area contributed by atoms with Crippen LogP contribution in [0.25, 0.3) is 0 Å². The molecule has 1 unspecified atom stereocenters. The minimum Gasteiger partial charge on any atom is -0.310 e. The first-order valence-corrected chi connectivity index (χ1v) is 7.59. The summed E-state index contributed by atoms with van der Waals surface area (Å²) in [6.07, 6.45) is 8.73. The molecular weight excluding hydrogens is 248 g/mol. The Bertz CT molecular complexity index is 521. The van der Waals surface area contributed by atoms with Crippen LogP contribution in [-0.4, -0.2) is 21.7 Å². The topological polar surface area (TPSA) is 53.6 Å². The summed E-state index contributed by atoms with van der Waals surface area (Å²) in [4.78, 5) is 4.16. The Morgan fingerprint density at radius 2 is 2.20 bits per heavy atom. The minimum absolute atomic E-state index is 0.517. The molecule has 1 aromatic carbocycles. The lowest BCUT2D eigenvalue weighted by Gasteiger charge is -2.19. The van der Waals surface area contributed by atoms with Crippen LogP contribution in [0.2, 0.25) is 0 Å². The molecule has 2 N–H and O–H groups in total. The Balaban J connectivity index is 1.54. The highest BCUT2D eigenvalue weighted by molar-refractivity contribution is 5.31. The largest absolute Gasteiger partial charge is 0.310 e. The van der Waals surface area contributed by atoms with E-state index >= 15 is 0 Å². The predicted octanol–water partition coefficient (Wildman–Crippen LogP) is 2.79. The van der Waals surface area contributed by atoms with Gasteiger partial charge in [-0.25, -0.2) is 4.98 Å². The van der Waals surface area contributed by atoms with Crippen LogP contribution in [0.1, 0.15) is 48.7 Å². The number of benzene rings is 1. The first-order chi connectivity index (χ1) is 9.93. The third-order valence-electron chi connectivity index (χ3n) is 4.07. The molecular formula is C16H22N4. The Hall–Kier alpha value is -1.68. The van der Waals surface area contributed by atoms with Crippen molar-refractivity contribution in [1.29, 1.82) is 0 Å². The highest BCUT2D eigenvalue weighted by Crippen LogP contribution is 2.28. The molecule has 1 heterocycles. The van der Waals surface area contributed by atoms with E-state index in [1.165, 1.54) is 36.8 Å². The van der Waals surface area contributed by atoms with Gasteiger partial charge in [-0.1, -0.05) is 30.7 Å². The molecule has 0 fully saturated rings. The van der Waals surface area contributed by atoms with E-state index in [0.717, 1.165) is 25.2 Å². The molecule has 1 aliphatic rings. The van der Waals surface area contributed by atoms with E-state index in [0.29, 0.717) is 6.04 Å². The normalized spacial score (nSPS) is 18.5. The van der Waals surface area contributed by atoms with Crippen LogP contribution in [-0.2, 0) is 12.8 Å². The van der Waals surface area contributed by atoms with E-state index < -0.39 is 0 Å². The second kappa shape index (κ2) is 6.66. The highest BCUT2D eigenvalue weighted by atomic mass is 15.2. The van der Waals surface area contributed by atoms with Gasteiger partial charge in [-0.05, 0) is 43.4 Å². The number of hydrogen-bond donors (Lipinski definition) is 2. The van der Waals surface area contributed by atoms with Crippen molar-refractivity contribution in [1.82, 2.24) is 20.5 Å². The summed E-state index contributed by atoms with van der Waals surface area (Å²) in [6.45, 7) is 1.03. The fourth-order valence-electron chi connectivity index (χ4n) is 3.02. The first-order valence-electron chi connectivity index (χ1n) is 7.59. The lowest BCUT2D eigenvalue weighted by atomic mass is 9.99. The second-order valence-corrected chi connectivity index (χ2v) is 5.49. The van der Waals surface area contributed by atoms with Crippen molar-refractivity contribution in [2.24, 2.45) is 0 Å². The van der Waals surface area contributed by atoms with Gasteiger partial charge in [0.25, 0.3) is 0 Å². The summed E-state index contributed by atoms with van der Waals surface area (Å²) >= 11 is 0. The molecule has 0 amide bonds. The molecule has 0 radical (unpaired) electrons. The zero-order valence-corrected chi connectivity index (χ0v) is 11.8. The molecule has 0 saturated carbocycles. The van der Waals surface area contributed by atoms with Crippen molar-refractivity contribution in [3.05, 3.63) is 47.5 Å². The van der Waals surface area contributed by atoms with Crippen LogP contribution in [0.3, 0.4) is 0 Å². The standard InChI is InChI=1S/C16H22N4/c1-3-8-14-13(6-1)7-2-4-9-15(14)17-11-5-10-16-18-12-19-20-16/h1,3,6,8,12,15,17H,2,4-5,7,9-11H2,(H,18,19,20). The van der Waals surface area contributed by atoms with Crippen LogP contribution in [0, 0.1) is 0 Å². The number of nitrogens with one attached hydrogen (secondary N) is 2. The number of rotatable bonds is 5. The zero-order chi connectivity index (χ0) is 13.6. The van der Waals surface area contributed by atoms with Gasteiger partial charge in [-0.2, -0.15) is 5.10 Å². The molecule has 20 heavy (non-hydrogen) atoms. The summed E-state index contributed by atoms with van der Waals surface area (Å²) in [5, 5.41) is 10.5. The van der Waals surface area contributed by atoms with Gasteiger partial charge in [0.1, 0.15) is 12.2 Å². The van der Waals surface area contributed by atoms with E-state index in [9.17, 15) is 0 Å². The minimum atomic E-state index is 0.517. The number of fused-ring (bicyclic) bond motifs is 1. The maximum atomic E-state index is 4.16. The predicted molar refractivity (Wildman–Crippen MR) is 79.4 cm³/mol. The number of aromatic nitrogens is 3. The van der Waals surface area contributed by atoms with Crippen LogP contribution in [0.4, 0.5) is 0 Å². The summed E-state index contributed by atoms with van der Waals surface area (Å²) in [7, 11) is 0. The SMILES string of the molecule is c1ccc2c(c1)CCCCC2NCCCc1ncn[nH]1. The van der Waals surface area contributed by atoms with Crippen molar-refractivity contribution < 1.29 is 0 Å². The number of aromatic amines is 1. The van der Waals surface area contributed by atoms with E-state index in [1.807, 2.05) is 0 Å². The molecule has 0 spiro atoms. The molecule has 3 rings (SSSR count).